The van der Waals surface area contributed by atoms with Crippen molar-refractivity contribution < 1.29 is 0 Å². The van der Waals surface area contributed by atoms with E-state index in [1.807, 2.05) is 0 Å². The van der Waals surface area contributed by atoms with Crippen LogP contribution in [0, 0.1) is 0 Å². The number of nitrogens with zero attached hydrogens (tertiary/aromatic N) is 2. The standard InChI is InChI=1S/C48H39BN2/c1-5-15-34(16-6-1)37-25-28-41(29-26-37)50-44-24-14-13-23-42(44)49-43-30-27-38(35-17-7-2-8-18-35)31-45(43)51(40-21-11-4-12-22-40)47-33-39(32-46(50)48(47)49)36-19-9-3-10-20-36/h1-2,4-8,11-18,21-33,36H,3,9-10,19-20H2. The second kappa shape index (κ2) is 12.5. The van der Waals surface area contributed by atoms with Gasteiger partial charge in [0.05, 0.1) is 0 Å². The summed E-state index contributed by atoms with van der Waals surface area (Å²) in [5, 5.41) is 0. The average molecular weight is 655 g/mol. The predicted molar refractivity (Wildman–Crippen MR) is 217 cm³/mol. The minimum Gasteiger partial charge on any atom is -0.311 e. The molecule has 0 N–H and O–H groups in total. The lowest BCUT2D eigenvalue weighted by molar-refractivity contribution is 0.444. The van der Waals surface area contributed by atoms with Crippen LogP contribution in [0.25, 0.3) is 22.3 Å². The summed E-state index contributed by atoms with van der Waals surface area (Å²) in [6, 6.07) is 63.2. The number of rotatable bonds is 5. The van der Waals surface area contributed by atoms with Gasteiger partial charge in [-0.25, -0.2) is 0 Å². The van der Waals surface area contributed by atoms with E-state index in [0.717, 1.165) is 0 Å². The van der Waals surface area contributed by atoms with Crippen molar-refractivity contribution in [3.8, 4) is 22.3 Å². The van der Waals surface area contributed by atoms with Gasteiger partial charge in [-0.2, -0.15) is 0 Å². The molecule has 0 radical (unpaired) electrons. The van der Waals surface area contributed by atoms with Crippen molar-refractivity contribution in [1.29, 1.82) is 0 Å². The largest absolute Gasteiger partial charge is 0.311 e. The van der Waals surface area contributed by atoms with E-state index < -0.39 is 0 Å². The van der Waals surface area contributed by atoms with Crippen molar-refractivity contribution in [1.82, 2.24) is 0 Å². The third kappa shape index (κ3) is 5.10. The van der Waals surface area contributed by atoms with Gasteiger partial charge in [-0.15, -0.1) is 0 Å². The van der Waals surface area contributed by atoms with Crippen LogP contribution < -0.4 is 26.2 Å². The van der Waals surface area contributed by atoms with Gasteiger partial charge in [0.2, 0.25) is 0 Å². The summed E-state index contributed by atoms with van der Waals surface area (Å²) >= 11 is 0. The minimum absolute atomic E-state index is 0.117. The van der Waals surface area contributed by atoms with Gasteiger partial charge in [0.1, 0.15) is 0 Å². The molecule has 0 atom stereocenters. The van der Waals surface area contributed by atoms with Crippen molar-refractivity contribution in [3.05, 3.63) is 175 Å². The molecular weight excluding hydrogens is 615 g/mol. The van der Waals surface area contributed by atoms with Crippen molar-refractivity contribution in [2.24, 2.45) is 0 Å². The van der Waals surface area contributed by atoms with Gasteiger partial charge in [-0.1, -0.05) is 141 Å². The molecule has 3 heteroatoms. The van der Waals surface area contributed by atoms with Crippen LogP contribution in [0.4, 0.5) is 34.1 Å². The van der Waals surface area contributed by atoms with Crippen LogP contribution in [0.2, 0.25) is 0 Å². The van der Waals surface area contributed by atoms with Gasteiger partial charge >= 0.3 is 0 Å². The molecule has 10 rings (SSSR count). The van der Waals surface area contributed by atoms with Crippen LogP contribution in [0.1, 0.15) is 43.6 Å². The molecule has 0 saturated heterocycles. The number of benzene rings is 7. The molecule has 2 heterocycles. The van der Waals surface area contributed by atoms with Gasteiger partial charge in [0, 0.05) is 34.1 Å². The summed E-state index contributed by atoms with van der Waals surface area (Å²) in [6.07, 6.45) is 6.46. The molecule has 3 aliphatic rings. The first-order chi connectivity index (χ1) is 25.3. The SMILES string of the molecule is c1ccc(-c2ccc(N3c4ccccc4B4c5ccc(-c6ccccc6)cc5N(c5ccccc5)c5cc(C6CCCCC6)cc3c54)cc2)cc1. The second-order valence-corrected chi connectivity index (χ2v) is 14.4. The molecule has 0 bridgehead atoms. The Bertz CT molecular complexity index is 2350. The molecule has 2 aliphatic heterocycles. The first-order valence-electron chi connectivity index (χ1n) is 18.6. The molecule has 0 unspecified atom stereocenters. The zero-order valence-corrected chi connectivity index (χ0v) is 28.8. The zero-order valence-electron chi connectivity index (χ0n) is 28.8. The summed E-state index contributed by atoms with van der Waals surface area (Å²) in [4.78, 5) is 5.12. The number of fused-ring (bicyclic) bond motifs is 4. The summed E-state index contributed by atoms with van der Waals surface area (Å²) in [6.45, 7) is 0.117. The molecule has 1 saturated carbocycles. The molecule has 244 valence electrons. The van der Waals surface area contributed by atoms with E-state index in [1.165, 1.54) is 110 Å². The molecule has 1 fully saturated rings. The van der Waals surface area contributed by atoms with E-state index in [4.69, 9.17) is 0 Å². The van der Waals surface area contributed by atoms with Crippen LogP contribution in [0.5, 0.6) is 0 Å². The van der Waals surface area contributed by atoms with Crippen molar-refractivity contribution >= 4 is 57.2 Å². The Labute approximate surface area is 301 Å². The van der Waals surface area contributed by atoms with Crippen LogP contribution in [0.15, 0.2) is 170 Å². The molecule has 0 aromatic heterocycles. The maximum Gasteiger partial charge on any atom is 0.252 e. The fourth-order valence-corrected chi connectivity index (χ4v) is 9.01. The van der Waals surface area contributed by atoms with E-state index in [2.05, 4.69) is 180 Å². The number of hydrogen-bond acceptors (Lipinski definition) is 2. The van der Waals surface area contributed by atoms with Crippen molar-refractivity contribution in [2.75, 3.05) is 9.80 Å². The molecule has 1 aliphatic carbocycles. The van der Waals surface area contributed by atoms with E-state index in [9.17, 15) is 0 Å². The normalized spacial score (nSPS) is 14.9. The number of para-hydroxylation sites is 2. The molecular formula is C48H39BN2. The Morgan fingerprint density at radius 1 is 0.392 bits per heavy atom. The van der Waals surface area contributed by atoms with Crippen molar-refractivity contribution in [2.45, 2.75) is 38.0 Å². The van der Waals surface area contributed by atoms with E-state index in [1.54, 1.807) is 0 Å². The van der Waals surface area contributed by atoms with Gasteiger partial charge < -0.3 is 9.80 Å². The van der Waals surface area contributed by atoms with Crippen LogP contribution >= 0.6 is 0 Å². The monoisotopic (exact) mass is 654 g/mol. The average Bonchev–Trinajstić information content (AvgIpc) is 3.22. The van der Waals surface area contributed by atoms with E-state index in [-0.39, 0.29) is 6.71 Å². The number of anilines is 6. The minimum atomic E-state index is 0.117. The Balaban J connectivity index is 1.24. The van der Waals surface area contributed by atoms with Crippen molar-refractivity contribution in [3.63, 3.8) is 0 Å². The quantitative estimate of drug-likeness (QED) is 0.170. The molecule has 51 heavy (non-hydrogen) atoms. The third-order valence-corrected chi connectivity index (χ3v) is 11.4. The second-order valence-electron chi connectivity index (χ2n) is 14.4. The van der Waals surface area contributed by atoms with Gasteiger partial charge in [-0.05, 0) is 111 Å². The van der Waals surface area contributed by atoms with Crippen LogP contribution in [-0.2, 0) is 0 Å². The highest BCUT2D eigenvalue weighted by molar-refractivity contribution is 7.00. The van der Waals surface area contributed by atoms with Gasteiger partial charge in [0.15, 0.2) is 0 Å². The Morgan fingerprint density at radius 2 is 0.902 bits per heavy atom. The first-order valence-corrected chi connectivity index (χ1v) is 18.6. The molecule has 0 spiro atoms. The van der Waals surface area contributed by atoms with Gasteiger partial charge in [0.25, 0.3) is 6.71 Å². The molecule has 0 amide bonds. The fourth-order valence-electron chi connectivity index (χ4n) is 9.01. The topological polar surface area (TPSA) is 6.48 Å². The lowest BCUT2D eigenvalue weighted by Gasteiger charge is -2.45. The van der Waals surface area contributed by atoms with E-state index >= 15 is 0 Å². The maximum absolute atomic E-state index is 2.57. The fraction of sp³-hybridized carbons (Fsp3) is 0.125. The highest BCUT2D eigenvalue weighted by atomic mass is 15.2. The molecule has 7 aromatic rings. The highest BCUT2D eigenvalue weighted by Crippen LogP contribution is 2.47. The van der Waals surface area contributed by atoms with Crippen LogP contribution in [-0.4, -0.2) is 6.71 Å². The Hall–Kier alpha value is -5.80. The maximum atomic E-state index is 2.57. The summed E-state index contributed by atoms with van der Waals surface area (Å²) in [5.74, 6) is 0.563. The summed E-state index contributed by atoms with van der Waals surface area (Å²) in [5.41, 5.74) is 18.1. The lowest BCUT2D eigenvalue weighted by Crippen LogP contribution is -2.61. The van der Waals surface area contributed by atoms with E-state index in [0.29, 0.717) is 5.92 Å². The Kier molecular flexibility index (Phi) is 7.38. The number of hydrogen-bond donors (Lipinski definition) is 0. The Morgan fingerprint density at radius 3 is 1.59 bits per heavy atom. The third-order valence-electron chi connectivity index (χ3n) is 11.4. The predicted octanol–water partition coefficient (Wildman–Crippen LogP) is 11.2. The lowest BCUT2D eigenvalue weighted by atomic mass is 9.33. The smallest absolute Gasteiger partial charge is 0.252 e. The van der Waals surface area contributed by atoms with Crippen LogP contribution in [0.3, 0.4) is 0 Å². The first kappa shape index (κ1) is 30.1. The zero-order chi connectivity index (χ0) is 33.7. The summed E-state index contributed by atoms with van der Waals surface area (Å²) in [7, 11) is 0. The molecule has 7 aromatic carbocycles. The van der Waals surface area contributed by atoms with Gasteiger partial charge in [-0.3, -0.25) is 0 Å². The molecule has 2 nitrogen and oxygen atoms in total. The summed E-state index contributed by atoms with van der Waals surface area (Å²) < 4.78 is 0. The highest BCUT2D eigenvalue weighted by Gasteiger charge is 2.43.